The predicted molar refractivity (Wildman–Crippen MR) is 91.8 cm³/mol. The van der Waals surface area contributed by atoms with Gasteiger partial charge in [-0.15, -0.1) is 6.58 Å². The molecule has 130 valence electrons. The summed E-state index contributed by atoms with van der Waals surface area (Å²) in [5.41, 5.74) is 1.34. The van der Waals surface area contributed by atoms with E-state index in [9.17, 15) is 15.3 Å². The molecular weight excluding hydrogens is 288 g/mol. The molecular formula is C20H32O3. The van der Waals surface area contributed by atoms with Crippen molar-refractivity contribution in [2.24, 2.45) is 22.2 Å². The van der Waals surface area contributed by atoms with Crippen molar-refractivity contribution >= 4 is 0 Å². The number of aliphatic hydroxyl groups excluding tert-OH is 3. The Morgan fingerprint density at radius 3 is 2.30 bits per heavy atom. The molecule has 3 aliphatic carbocycles. The lowest BCUT2D eigenvalue weighted by Crippen LogP contribution is -2.60. The Morgan fingerprint density at radius 2 is 1.70 bits per heavy atom. The van der Waals surface area contributed by atoms with Crippen LogP contribution in [0.2, 0.25) is 0 Å². The summed E-state index contributed by atoms with van der Waals surface area (Å²) in [5.74, 6) is 0.0396. The number of rotatable bonds is 1. The van der Waals surface area contributed by atoms with Gasteiger partial charge >= 0.3 is 0 Å². The van der Waals surface area contributed by atoms with Crippen LogP contribution >= 0.6 is 0 Å². The van der Waals surface area contributed by atoms with E-state index < -0.39 is 23.7 Å². The van der Waals surface area contributed by atoms with Gasteiger partial charge < -0.3 is 15.3 Å². The Bertz CT molecular complexity index is 549. The second kappa shape index (κ2) is 5.18. The first-order valence-corrected chi connectivity index (χ1v) is 9.00. The van der Waals surface area contributed by atoms with Crippen molar-refractivity contribution in [2.75, 3.05) is 0 Å². The molecule has 1 fully saturated rings. The molecule has 23 heavy (non-hydrogen) atoms. The van der Waals surface area contributed by atoms with Gasteiger partial charge in [-0.2, -0.15) is 0 Å². The van der Waals surface area contributed by atoms with Crippen LogP contribution in [0.3, 0.4) is 0 Å². The lowest BCUT2D eigenvalue weighted by atomic mass is 9.46. The third-order valence-corrected chi connectivity index (χ3v) is 7.37. The van der Waals surface area contributed by atoms with Crippen LogP contribution in [0.1, 0.15) is 59.8 Å². The van der Waals surface area contributed by atoms with Crippen LogP contribution in [-0.4, -0.2) is 33.6 Å². The molecule has 3 aliphatic rings. The van der Waals surface area contributed by atoms with E-state index in [-0.39, 0.29) is 16.7 Å². The molecule has 0 bridgehead atoms. The second-order valence-electron chi connectivity index (χ2n) is 9.22. The normalized spacial score (nSPS) is 49.3. The first-order valence-electron chi connectivity index (χ1n) is 9.00. The zero-order chi connectivity index (χ0) is 17.2. The molecule has 0 aromatic carbocycles. The molecule has 0 aromatic rings. The van der Waals surface area contributed by atoms with E-state index in [1.165, 1.54) is 5.57 Å². The van der Waals surface area contributed by atoms with E-state index in [4.69, 9.17) is 0 Å². The van der Waals surface area contributed by atoms with Crippen molar-refractivity contribution in [2.45, 2.75) is 78.1 Å². The fraction of sp³-hybridized carbons (Fsp3) is 0.800. The quantitative estimate of drug-likeness (QED) is 0.650. The molecule has 0 aromatic heterocycles. The number of aliphatic hydroxyl groups is 3. The van der Waals surface area contributed by atoms with Crippen molar-refractivity contribution in [3.8, 4) is 0 Å². The summed E-state index contributed by atoms with van der Waals surface area (Å²) < 4.78 is 0. The third kappa shape index (κ3) is 2.20. The molecule has 0 radical (unpaired) electrons. The smallest absolute Gasteiger partial charge is 0.104 e. The Balaban J connectivity index is 2.17. The molecule has 3 rings (SSSR count). The predicted octanol–water partition coefficient (Wildman–Crippen LogP) is 3.20. The van der Waals surface area contributed by atoms with E-state index in [0.29, 0.717) is 5.57 Å². The van der Waals surface area contributed by atoms with Crippen LogP contribution in [0, 0.1) is 22.2 Å². The maximum atomic E-state index is 11.0. The number of fused-ring (bicyclic) bond motifs is 2. The first-order chi connectivity index (χ1) is 10.6. The topological polar surface area (TPSA) is 60.7 Å². The minimum Gasteiger partial charge on any atom is -0.390 e. The van der Waals surface area contributed by atoms with Gasteiger partial charge in [0.1, 0.15) is 6.10 Å². The van der Waals surface area contributed by atoms with Crippen molar-refractivity contribution < 1.29 is 15.3 Å². The number of allylic oxidation sites excluding steroid dienone is 1. The van der Waals surface area contributed by atoms with Crippen LogP contribution in [0.5, 0.6) is 0 Å². The first kappa shape index (κ1) is 17.2. The Morgan fingerprint density at radius 1 is 1.04 bits per heavy atom. The van der Waals surface area contributed by atoms with E-state index >= 15 is 0 Å². The lowest BCUT2D eigenvalue weighted by Gasteiger charge is -2.60. The fourth-order valence-corrected chi connectivity index (χ4v) is 5.99. The maximum absolute atomic E-state index is 11.0. The molecule has 0 spiro atoms. The molecule has 3 N–H and O–H groups in total. The molecule has 0 amide bonds. The van der Waals surface area contributed by atoms with Crippen LogP contribution in [0.15, 0.2) is 23.8 Å². The van der Waals surface area contributed by atoms with Gasteiger partial charge in [0, 0.05) is 11.3 Å². The van der Waals surface area contributed by atoms with Gasteiger partial charge in [0.15, 0.2) is 0 Å². The molecule has 0 saturated heterocycles. The van der Waals surface area contributed by atoms with E-state index in [2.05, 4.69) is 27.4 Å². The van der Waals surface area contributed by atoms with Crippen molar-refractivity contribution in [3.05, 3.63) is 23.8 Å². The Kier molecular flexibility index (Phi) is 3.87. The number of hydrogen-bond donors (Lipinski definition) is 3. The van der Waals surface area contributed by atoms with Gasteiger partial charge in [-0.05, 0) is 42.1 Å². The van der Waals surface area contributed by atoms with Gasteiger partial charge in [-0.1, -0.05) is 45.8 Å². The van der Waals surface area contributed by atoms with Gasteiger partial charge in [0.05, 0.1) is 12.2 Å². The van der Waals surface area contributed by atoms with Crippen molar-refractivity contribution in [1.29, 1.82) is 0 Å². The largest absolute Gasteiger partial charge is 0.390 e. The van der Waals surface area contributed by atoms with Crippen LogP contribution in [0.25, 0.3) is 0 Å². The molecule has 3 nitrogen and oxygen atoms in total. The highest BCUT2D eigenvalue weighted by atomic mass is 16.3. The third-order valence-electron chi connectivity index (χ3n) is 7.37. The molecule has 6 atom stereocenters. The molecule has 1 saturated carbocycles. The maximum Gasteiger partial charge on any atom is 0.104 e. The van der Waals surface area contributed by atoms with E-state index in [0.717, 1.165) is 32.1 Å². The summed E-state index contributed by atoms with van der Waals surface area (Å²) in [6, 6.07) is 0. The average molecular weight is 320 g/mol. The summed E-state index contributed by atoms with van der Waals surface area (Å²) in [7, 11) is 0. The van der Waals surface area contributed by atoms with Crippen molar-refractivity contribution in [1.82, 2.24) is 0 Å². The Labute approximate surface area is 140 Å². The summed E-state index contributed by atoms with van der Waals surface area (Å²) in [6.45, 7) is 12.5. The highest BCUT2D eigenvalue weighted by molar-refractivity contribution is 5.39. The van der Waals surface area contributed by atoms with Gasteiger partial charge in [-0.3, -0.25) is 0 Å². The highest BCUT2D eigenvalue weighted by Gasteiger charge is 2.59. The SMILES string of the molecule is C=C[C@@]1(C)CCC2=C([C@H](O)[C@@H](O)[C@@H]3C(C)(C)CCC[C@]23C)[C@@H]1O. The molecule has 3 heteroatoms. The van der Waals surface area contributed by atoms with E-state index in [1.54, 1.807) is 6.08 Å². The van der Waals surface area contributed by atoms with Gasteiger partial charge in [0.25, 0.3) is 0 Å². The standard InChI is InChI=1S/C20H32O3/c1-6-19(4)11-8-12-13(17(19)23)14(21)15(22)16-18(2,3)9-7-10-20(12,16)5/h6,14-17,21-23H,1,7-11H2,2-5H3/t14-,15+,16+,17-,19-,20+/m0/s1. The summed E-state index contributed by atoms with van der Waals surface area (Å²) in [5, 5.41) is 32.8. The molecule has 0 unspecified atom stereocenters. The highest BCUT2D eigenvalue weighted by Crippen LogP contribution is 2.62. The fourth-order valence-electron chi connectivity index (χ4n) is 5.99. The minimum atomic E-state index is -0.963. The number of hydrogen-bond acceptors (Lipinski definition) is 3. The monoisotopic (exact) mass is 320 g/mol. The molecule has 0 aliphatic heterocycles. The summed E-state index contributed by atoms with van der Waals surface area (Å²) >= 11 is 0. The molecule has 0 heterocycles. The van der Waals surface area contributed by atoms with E-state index in [1.807, 2.05) is 6.92 Å². The van der Waals surface area contributed by atoms with Crippen LogP contribution in [-0.2, 0) is 0 Å². The average Bonchev–Trinajstić information content (AvgIpc) is 2.46. The zero-order valence-electron chi connectivity index (χ0n) is 15.0. The minimum absolute atomic E-state index is 0.00390. The van der Waals surface area contributed by atoms with Gasteiger partial charge in [0.2, 0.25) is 0 Å². The van der Waals surface area contributed by atoms with Crippen LogP contribution < -0.4 is 0 Å². The zero-order valence-corrected chi connectivity index (χ0v) is 15.0. The lowest BCUT2D eigenvalue weighted by molar-refractivity contribution is -0.129. The van der Waals surface area contributed by atoms with Crippen molar-refractivity contribution in [3.63, 3.8) is 0 Å². The Hall–Kier alpha value is -0.640. The summed E-state index contributed by atoms with van der Waals surface area (Å²) in [4.78, 5) is 0. The second-order valence-corrected chi connectivity index (χ2v) is 9.22. The summed E-state index contributed by atoms with van der Waals surface area (Å²) in [6.07, 6.45) is 4.24. The van der Waals surface area contributed by atoms with Crippen LogP contribution in [0.4, 0.5) is 0 Å². The van der Waals surface area contributed by atoms with Gasteiger partial charge in [-0.25, -0.2) is 0 Å².